The lowest BCUT2D eigenvalue weighted by molar-refractivity contribution is 0.0842. The second-order valence-electron chi connectivity index (χ2n) is 5.02. The van der Waals surface area contributed by atoms with E-state index in [0.717, 1.165) is 16.4 Å². The predicted molar refractivity (Wildman–Crippen MR) is 67.3 cm³/mol. The Morgan fingerprint density at radius 2 is 2.00 bits per heavy atom. The van der Waals surface area contributed by atoms with Gasteiger partial charge in [0.1, 0.15) is 5.58 Å². The summed E-state index contributed by atoms with van der Waals surface area (Å²) < 4.78 is 17.3. The molecule has 17 heavy (non-hydrogen) atoms. The molecule has 1 aromatic heterocycles. The van der Waals surface area contributed by atoms with Gasteiger partial charge in [-0.15, -0.1) is 0 Å². The zero-order valence-corrected chi connectivity index (χ0v) is 10.3. The molecule has 0 N–H and O–H groups in total. The quantitative estimate of drug-likeness (QED) is 0.704. The molecule has 0 saturated carbocycles. The van der Waals surface area contributed by atoms with E-state index in [1.54, 1.807) is 6.26 Å². The fourth-order valence-corrected chi connectivity index (χ4v) is 2.07. The van der Waals surface area contributed by atoms with Gasteiger partial charge in [-0.2, -0.15) is 0 Å². The minimum absolute atomic E-state index is 0.0705. The van der Waals surface area contributed by atoms with Gasteiger partial charge in [0.05, 0.1) is 18.0 Å². The molecule has 0 aliphatic carbocycles. The normalized spacial score (nSPS) is 23.5. The molecule has 88 valence electrons. The summed E-state index contributed by atoms with van der Waals surface area (Å²) in [6, 6.07) is 7.92. The van der Waals surface area contributed by atoms with Gasteiger partial charge in [0.15, 0.2) is 0 Å². The number of hydrogen-bond acceptors (Lipinski definition) is 3. The summed E-state index contributed by atoms with van der Waals surface area (Å²) in [5.74, 6) is 0. The van der Waals surface area contributed by atoms with Gasteiger partial charge in [-0.3, -0.25) is 0 Å². The van der Waals surface area contributed by atoms with Crippen molar-refractivity contribution in [3.8, 4) is 0 Å². The highest BCUT2D eigenvalue weighted by atomic mass is 16.7. The lowest BCUT2D eigenvalue weighted by Gasteiger charge is -2.21. The SMILES string of the molecule is CC1OB(c2coc3ccccc23)OC1(C)C. The molecule has 0 radical (unpaired) electrons. The minimum Gasteiger partial charge on any atom is -0.465 e. The molecule has 2 aromatic rings. The van der Waals surface area contributed by atoms with Crippen LogP contribution >= 0.6 is 0 Å². The largest absolute Gasteiger partial charge is 0.498 e. The zero-order valence-electron chi connectivity index (χ0n) is 10.3. The molecule has 1 unspecified atom stereocenters. The lowest BCUT2D eigenvalue weighted by Crippen LogP contribution is -2.34. The van der Waals surface area contributed by atoms with Gasteiger partial charge in [-0.25, -0.2) is 0 Å². The summed E-state index contributed by atoms with van der Waals surface area (Å²) in [5.41, 5.74) is 1.58. The van der Waals surface area contributed by atoms with Crippen LogP contribution in [0.15, 0.2) is 34.9 Å². The molecule has 3 nitrogen and oxygen atoms in total. The van der Waals surface area contributed by atoms with Crippen molar-refractivity contribution >= 4 is 23.6 Å². The maximum absolute atomic E-state index is 5.93. The van der Waals surface area contributed by atoms with Crippen molar-refractivity contribution in [2.75, 3.05) is 0 Å². The van der Waals surface area contributed by atoms with E-state index in [2.05, 4.69) is 0 Å². The van der Waals surface area contributed by atoms with Crippen LogP contribution in [0.1, 0.15) is 20.8 Å². The van der Waals surface area contributed by atoms with E-state index in [4.69, 9.17) is 13.7 Å². The molecule has 3 rings (SSSR count). The van der Waals surface area contributed by atoms with Crippen LogP contribution in [0.4, 0.5) is 0 Å². The Hall–Kier alpha value is -1.26. The Bertz CT molecular complexity index is 546. The Balaban J connectivity index is 2.01. The van der Waals surface area contributed by atoms with Crippen LogP contribution in [0, 0.1) is 0 Å². The number of hydrogen-bond donors (Lipinski definition) is 0. The number of benzene rings is 1. The van der Waals surface area contributed by atoms with Crippen LogP contribution in [-0.4, -0.2) is 18.8 Å². The second-order valence-corrected chi connectivity index (χ2v) is 5.02. The molecule has 0 spiro atoms. The number of para-hydroxylation sites is 1. The maximum Gasteiger partial charge on any atom is 0.498 e. The van der Waals surface area contributed by atoms with Gasteiger partial charge >= 0.3 is 7.12 Å². The van der Waals surface area contributed by atoms with Crippen LogP contribution in [0.2, 0.25) is 0 Å². The summed E-state index contributed by atoms with van der Waals surface area (Å²) in [4.78, 5) is 0. The molecular formula is C13H15BO3. The molecule has 2 heterocycles. The monoisotopic (exact) mass is 230 g/mol. The van der Waals surface area contributed by atoms with Crippen LogP contribution in [-0.2, 0) is 9.31 Å². The topological polar surface area (TPSA) is 31.6 Å². The Morgan fingerprint density at radius 1 is 1.24 bits per heavy atom. The molecule has 1 fully saturated rings. The molecule has 0 bridgehead atoms. The van der Waals surface area contributed by atoms with Crippen LogP contribution in [0.5, 0.6) is 0 Å². The van der Waals surface area contributed by atoms with Crippen LogP contribution in [0.3, 0.4) is 0 Å². The molecule has 1 aliphatic rings. The first-order valence-corrected chi connectivity index (χ1v) is 5.87. The third-order valence-corrected chi connectivity index (χ3v) is 3.48. The first kappa shape index (κ1) is 10.9. The molecular weight excluding hydrogens is 215 g/mol. The summed E-state index contributed by atoms with van der Waals surface area (Å²) in [6.07, 6.45) is 1.80. The standard InChI is InChI=1S/C13H15BO3/c1-9-13(2,3)17-14(16-9)11-8-15-12-7-5-4-6-10(11)12/h4-9H,1-3H3. The predicted octanol–water partition coefficient (Wildman–Crippen LogP) is 2.34. The number of furan rings is 1. The first-order valence-electron chi connectivity index (χ1n) is 5.87. The minimum atomic E-state index is -0.330. The zero-order chi connectivity index (χ0) is 12.0. The summed E-state index contributed by atoms with van der Waals surface area (Å²) in [7, 11) is -0.330. The summed E-state index contributed by atoms with van der Waals surface area (Å²) in [5, 5.41) is 1.06. The Labute approximate surface area is 101 Å². The molecule has 1 aliphatic heterocycles. The average molecular weight is 230 g/mol. The molecule has 1 aromatic carbocycles. The van der Waals surface area contributed by atoms with E-state index in [0.29, 0.717) is 0 Å². The highest BCUT2D eigenvalue weighted by Crippen LogP contribution is 2.28. The lowest BCUT2D eigenvalue weighted by atomic mass is 9.79. The van der Waals surface area contributed by atoms with E-state index < -0.39 is 0 Å². The number of fused-ring (bicyclic) bond motifs is 1. The van der Waals surface area contributed by atoms with E-state index in [1.807, 2.05) is 45.0 Å². The maximum atomic E-state index is 5.93. The molecule has 1 saturated heterocycles. The van der Waals surface area contributed by atoms with Crippen molar-refractivity contribution in [1.29, 1.82) is 0 Å². The highest BCUT2D eigenvalue weighted by molar-refractivity contribution is 6.65. The van der Waals surface area contributed by atoms with Crippen molar-refractivity contribution in [1.82, 2.24) is 0 Å². The van der Waals surface area contributed by atoms with Crippen molar-refractivity contribution in [3.05, 3.63) is 30.5 Å². The number of rotatable bonds is 1. The summed E-state index contributed by atoms with van der Waals surface area (Å²) >= 11 is 0. The Morgan fingerprint density at radius 3 is 2.71 bits per heavy atom. The Kier molecular flexibility index (Phi) is 2.31. The van der Waals surface area contributed by atoms with Gasteiger partial charge in [0.25, 0.3) is 0 Å². The fourth-order valence-electron chi connectivity index (χ4n) is 2.07. The average Bonchev–Trinajstić information content (AvgIpc) is 2.81. The second kappa shape index (κ2) is 3.62. The van der Waals surface area contributed by atoms with Gasteiger partial charge in [0.2, 0.25) is 0 Å². The third kappa shape index (κ3) is 1.68. The van der Waals surface area contributed by atoms with Gasteiger partial charge in [0, 0.05) is 10.8 Å². The smallest absolute Gasteiger partial charge is 0.465 e. The van der Waals surface area contributed by atoms with E-state index in [-0.39, 0.29) is 18.8 Å². The molecule has 1 atom stereocenters. The van der Waals surface area contributed by atoms with E-state index in [1.165, 1.54) is 0 Å². The highest BCUT2D eigenvalue weighted by Gasteiger charge is 2.45. The van der Waals surface area contributed by atoms with Crippen molar-refractivity contribution in [3.63, 3.8) is 0 Å². The third-order valence-electron chi connectivity index (χ3n) is 3.48. The van der Waals surface area contributed by atoms with Gasteiger partial charge < -0.3 is 13.7 Å². The van der Waals surface area contributed by atoms with Crippen molar-refractivity contribution in [2.45, 2.75) is 32.5 Å². The van der Waals surface area contributed by atoms with E-state index in [9.17, 15) is 0 Å². The van der Waals surface area contributed by atoms with Crippen molar-refractivity contribution in [2.24, 2.45) is 0 Å². The fraction of sp³-hybridized carbons (Fsp3) is 0.385. The summed E-state index contributed by atoms with van der Waals surface area (Å²) in [6.45, 7) is 6.11. The molecule has 0 amide bonds. The van der Waals surface area contributed by atoms with Crippen LogP contribution in [0.25, 0.3) is 11.0 Å². The van der Waals surface area contributed by atoms with Gasteiger partial charge in [-0.1, -0.05) is 18.2 Å². The van der Waals surface area contributed by atoms with Gasteiger partial charge in [-0.05, 0) is 26.8 Å². The molecule has 4 heteroatoms. The van der Waals surface area contributed by atoms with E-state index >= 15 is 0 Å². The van der Waals surface area contributed by atoms with Crippen LogP contribution < -0.4 is 5.46 Å². The first-order chi connectivity index (χ1) is 8.08. The van der Waals surface area contributed by atoms with Crippen molar-refractivity contribution < 1.29 is 13.7 Å².